The normalized spacial score (nSPS) is 9.67. The first-order chi connectivity index (χ1) is 8.63. The summed E-state index contributed by atoms with van der Waals surface area (Å²) in [6, 6.07) is 6.92. The predicted molar refractivity (Wildman–Crippen MR) is 69.8 cm³/mol. The molecular weight excluding hydrogens is 252 g/mol. The van der Waals surface area contributed by atoms with E-state index in [1.807, 2.05) is 13.0 Å². The lowest BCUT2D eigenvalue weighted by molar-refractivity contribution is 0.0764. The topological polar surface area (TPSA) is 53.3 Å². The van der Waals surface area contributed by atoms with Crippen molar-refractivity contribution in [2.45, 2.75) is 13.3 Å². The van der Waals surface area contributed by atoms with Crippen molar-refractivity contribution in [3.63, 3.8) is 0 Å². The van der Waals surface area contributed by atoms with Gasteiger partial charge < -0.3 is 9.64 Å². The summed E-state index contributed by atoms with van der Waals surface area (Å²) in [7, 11) is 1.49. The fourth-order valence-corrected chi connectivity index (χ4v) is 1.76. The molecule has 1 amide bonds. The molecule has 0 aliphatic heterocycles. The summed E-state index contributed by atoms with van der Waals surface area (Å²) in [6.07, 6.45) is 0.315. The number of carbonyl (C=O) groups excluding carboxylic acids is 1. The molecule has 1 aromatic rings. The highest BCUT2D eigenvalue weighted by Crippen LogP contribution is 2.24. The van der Waals surface area contributed by atoms with Gasteiger partial charge >= 0.3 is 0 Å². The van der Waals surface area contributed by atoms with Crippen molar-refractivity contribution >= 4 is 17.5 Å². The van der Waals surface area contributed by atoms with Crippen molar-refractivity contribution in [1.82, 2.24) is 4.90 Å². The van der Waals surface area contributed by atoms with Gasteiger partial charge in [0.2, 0.25) is 0 Å². The van der Waals surface area contributed by atoms with E-state index >= 15 is 0 Å². The third kappa shape index (κ3) is 3.38. The largest absolute Gasteiger partial charge is 0.496 e. The van der Waals surface area contributed by atoms with Crippen LogP contribution >= 0.6 is 11.6 Å². The van der Waals surface area contributed by atoms with Crippen molar-refractivity contribution in [3.05, 3.63) is 28.8 Å². The van der Waals surface area contributed by atoms with Crippen molar-refractivity contribution in [2.75, 3.05) is 20.2 Å². The zero-order valence-electron chi connectivity index (χ0n) is 10.4. The molecule has 0 saturated carbocycles. The zero-order valence-corrected chi connectivity index (χ0v) is 11.2. The second kappa shape index (κ2) is 6.87. The SMILES string of the molecule is CCN(CCC#N)C(=O)c1ccc(Cl)cc1OC. The van der Waals surface area contributed by atoms with E-state index < -0.39 is 0 Å². The molecule has 4 nitrogen and oxygen atoms in total. The van der Waals surface area contributed by atoms with Gasteiger partial charge in [0, 0.05) is 18.1 Å². The van der Waals surface area contributed by atoms with Gasteiger partial charge in [-0.15, -0.1) is 0 Å². The highest BCUT2D eigenvalue weighted by atomic mass is 35.5. The maximum Gasteiger partial charge on any atom is 0.257 e. The number of hydrogen-bond acceptors (Lipinski definition) is 3. The number of amides is 1. The number of nitriles is 1. The van der Waals surface area contributed by atoms with E-state index in [0.717, 1.165) is 0 Å². The standard InChI is InChI=1S/C13H15ClN2O2/c1-3-16(8-4-7-15)13(17)11-6-5-10(14)9-12(11)18-2/h5-6,9H,3-4,8H2,1-2H3. The van der Waals surface area contributed by atoms with Crippen LogP contribution in [0.25, 0.3) is 0 Å². The van der Waals surface area contributed by atoms with Gasteiger partial charge in [0.15, 0.2) is 0 Å². The molecule has 0 spiro atoms. The van der Waals surface area contributed by atoms with E-state index in [0.29, 0.717) is 35.8 Å². The van der Waals surface area contributed by atoms with Crippen molar-refractivity contribution < 1.29 is 9.53 Å². The number of methoxy groups -OCH3 is 1. The molecule has 0 aromatic heterocycles. The van der Waals surface area contributed by atoms with Crippen LogP contribution in [0.1, 0.15) is 23.7 Å². The number of hydrogen-bond donors (Lipinski definition) is 0. The van der Waals surface area contributed by atoms with Gasteiger partial charge in [-0.25, -0.2) is 0 Å². The summed E-state index contributed by atoms with van der Waals surface area (Å²) in [4.78, 5) is 13.9. The Morgan fingerprint density at radius 2 is 2.28 bits per heavy atom. The van der Waals surface area contributed by atoms with Gasteiger partial charge in [0.05, 0.1) is 25.2 Å². The van der Waals surface area contributed by atoms with E-state index in [4.69, 9.17) is 21.6 Å². The molecule has 1 rings (SSSR count). The van der Waals surface area contributed by atoms with E-state index in [1.165, 1.54) is 7.11 Å². The molecule has 96 valence electrons. The van der Waals surface area contributed by atoms with Crippen LogP contribution in [0, 0.1) is 11.3 Å². The van der Waals surface area contributed by atoms with Crippen LogP contribution < -0.4 is 4.74 Å². The third-order valence-corrected chi connectivity index (χ3v) is 2.79. The molecule has 0 saturated heterocycles. The highest BCUT2D eigenvalue weighted by Gasteiger charge is 2.18. The second-order valence-corrected chi connectivity index (χ2v) is 4.07. The van der Waals surface area contributed by atoms with Crippen LogP contribution in [0.15, 0.2) is 18.2 Å². The van der Waals surface area contributed by atoms with Crippen LogP contribution in [-0.2, 0) is 0 Å². The van der Waals surface area contributed by atoms with Crippen LogP contribution in [-0.4, -0.2) is 31.0 Å². The second-order valence-electron chi connectivity index (χ2n) is 3.64. The number of halogens is 1. The van der Waals surface area contributed by atoms with Gasteiger partial charge in [-0.05, 0) is 25.1 Å². The average molecular weight is 267 g/mol. The fraction of sp³-hybridized carbons (Fsp3) is 0.385. The summed E-state index contributed by atoms with van der Waals surface area (Å²) >= 11 is 5.85. The van der Waals surface area contributed by atoms with Gasteiger partial charge in [0.25, 0.3) is 5.91 Å². The van der Waals surface area contributed by atoms with Crippen LogP contribution in [0.3, 0.4) is 0 Å². The lowest BCUT2D eigenvalue weighted by atomic mass is 10.1. The Bertz CT molecular complexity index is 469. The smallest absolute Gasteiger partial charge is 0.257 e. The molecular formula is C13H15ClN2O2. The van der Waals surface area contributed by atoms with E-state index in [9.17, 15) is 4.79 Å². The molecule has 0 N–H and O–H groups in total. The molecule has 0 aliphatic rings. The summed E-state index contributed by atoms with van der Waals surface area (Å²) in [5.74, 6) is 0.296. The monoisotopic (exact) mass is 266 g/mol. The minimum absolute atomic E-state index is 0.152. The Morgan fingerprint density at radius 3 is 2.83 bits per heavy atom. The van der Waals surface area contributed by atoms with Crippen LogP contribution in [0.5, 0.6) is 5.75 Å². The quantitative estimate of drug-likeness (QED) is 0.823. The molecule has 18 heavy (non-hydrogen) atoms. The molecule has 0 radical (unpaired) electrons. The Kier molecular flexibility index (Phi) is 5.47. The molecule has 1 aromatic carbocycles. The van der Waals surface area contributed by atoms with Crippen LogP contribution in [0.4, 0.5) is 0 Å². The Morgan fingerprint density at radius 1 is 1.56 bits per heavy atom. The number of ether oxygens (including phenoxy) is 1. The fourth-order valence-electron chi connectivity index (χ4n) is 1.60. The van der Waals surface area contributed by atoms with E-state index in [1.54, 1.807) is 23.1 Å². The first-order valence-corrected chi connectivity index (χ1v) is 6.01. The summed E-state index contributed by atoms with van der Waals surface area (Å²) in [6.45, 7) is 2.83. The minimum Gasteiger partial charge on any atom is -0.496 e. The van der Waals surface area contributed by atoms with Gasteiger partial charge in [0.1, 0.15) is 5.75 Å². The molecule has 5 heteroatoms. The lowest BCUT2D eigenvalue weighted by Gasteiger charge is -2.20. The first kappa shape index (κ1) is 14.3. The number of carbonyl (C=O) groups is 1. The molecule has 0 unspecified atom stereocenters. The first-order valence-electron chi connectivity index (χ1n) is 5.63. The third-order valence-electron chi connectivity index (χ3n) is 2.56. The minimum atomic E-state index is -0.152. The number of rotatable bonds is 5. The Hall–Kier alpha value is -1.73. The maximum absolute atomic E-state index is 12.3. The zero-order chi connectivity index (χ0) is 13.5. The summed E-state index contributed by atoms with van der Waals surface area (Å²) in [5, 5.41) is 9.09. The predicted octanol–water partition coefficient (Wildman–Crippen LogP) is 2.72. The summed E-state index contributed by atoms with van der Waals surface area (Å²) < 4.78 is 5.15. The van der Waals surface area contributed by atoms with Gasteiger partial charge in [-0.2, -0.15) is 5.26 Å². The van der Waals surface area contributed by atoms with Crippen LogP contribution in [0.2, 0.25) is 5.02 Å². The maximum atomic E-state index is 12.3. The number of benzene rings is 1. The Labute approximate surface area is 112 Å². The molecule has 0 heterocycles. The lowest BCUT2D eigenvalue weighted by Crippen LogP contribution is -2.31. The highest BCUT2D eigenvalue weighted by molar-refractivity contribution is 6.30. The van der Waals surface area contributed by atoms with Crippen molar-refractivity contribution in [2.24, 2.45) is 0 Å². The van der Waals surface area contributed by atoms with Gasteiger partial charge in [-0.3, -0.25) is 4.79 Å². The van der Waals surface area contributed by atoms with E-state index in [-0.39, 0.29) is 5.91 Å². The molecule has 0 atom stereocenters. The van der Waals surface area contributed by atoms with Crippen molar-refractivity contribution in [1.29, 1.82) is 5.26 Å². The molecule has 0 aliphatic carbocycles. The average Bonchev–Trinajstić information content (AvgIpc) is 2.39. The van der Waals surface area contributed by atoms with Gasteiger partial charge in [-0.1, -0.05) is 11.6 Å². The van der Waals surface area contributed by atoms with E-state index in [2.05, 4.69) is 0 Å². The molecule has 0 bridgehead atoms. The number of nitrogens with zero attached hydrogens (tertiary/aromatic N) is 2. The molecule has 0 fully saturated rings. The summed E-state index contributed by atoms with van der Waals surface area (Å²) in [5.41, 5.74) is 0.460. The Balaban J connectivity index is 2.98. The van der Waals surface area contributed by atoms with Crippen molar-refractivity contribution in [3.8, 4) is 11.8 Å².